The molecule has 8 heteroatoms. The Kier molecular flexibility index (Phi) is 7.49. The van der Waals surface area contributed by atoms with Crippen LogP contribution in [0, 0.1) is 0 Å². The quantitative estimate of drug-likeness (QED) is 0.283. The van der Waals surface area contributed by atoms with Crippen LogP contribution in [0.1, 0.15) is 21.5 Å². The van der Waals surface area contributed by atoms with Gasteiger partial charge in [0.05, 0.1) is 27.7 Å². The van der Waals surface area contributed by atoms with E-state index in [1.54, 1.807) is 31.3 Å². The number of likely N-dealkylation sites (N-methyl/N-ethyl adjacent to an activating group) is 1. The highest BCUT2D eigenvalue weighted by molar-refractivity contribution is 9.10. The van der Waals surface area contributed by atoms with E-state index >= 15 is 0 Å². The Labute approximate surface area is 210 Å². The van der Waals surface area contributed by atoms with Gasteiger partial charge in [-0.25, -0.2) is 9.79 Å². The topological polar surface area (TPSA) is 68.2 Å². The molecule has 0 atom stereocenters. The lowest BCUT2D eigenvalue weighted by molar-refractivity contribution is -0.121. The van der Waals surface area contributed by atoms with E-state index in [9.17, 15) is 9.59 Å². The van der Waals surface area contributed by atoms with Gasteiger partial charge in [-0.3, -0.25) is 9.69 Å². The fourth-order valence-electron chi connectivity index (χ4n) is 3.19. The molecule has 0 saturated carbocycles. The van der Waals surface area contributed by atoms with Gasteiger partial charge >= 0.3 is 5.97 Å². The van der Waals surface area contributed by atoms with Crippen molar-refractivity contribution in [3.63, 3.8) is 0 Å². The molecule has 1 aliphatic heterocycles. The number of esters is 1. The molecule has 0 bridgehead atoms. The van der Waals surface area contributed by atoms with Gasteiger partial charge in [0, 0.05) is 7.05 Å². The second-order valence-electron chi connectivity index (χ2n) is 7.38. The van der Waals surface area contributed by atoms with Gasteiger partial charge in [0.2, 0.25) is 0 Å². The molecule has 34 heavy (non-hydrogen) atoms. The second kappa shape index (κ2) is 10.7. The Morgan fingerprint density at radius 3 is 2.62 bits per heavy atom. The third kappa shape index (κ3) is 5.58. The zero-order valence-corrected chi connectivity index (χ0v) is 20.9. The van der Waals surface area contributed by atoms with Gasteiger partial charge in [0.15, 0.2) is 5.17 Å². The molecule has 4 rings (SSSR count). The Morgan fingerprint density at radius 2 is 1.88 bits per heavy atom. The summed E-state index contributed by atoms with van der Waals surface area (Å²) in [6.45, 7) is 0.468. The third-order valence-corrected chi connectivity index (χ3v) is 6.67. The summed E-state index contributed by atoms with van der Waals surface area (Å²) >= 11 is 4.84. The summed E-state index contributed by atoms with van der Waals surface area (Å²) in [5.41, 5.74) is 2.91. The van der Waals surface area contributed by atoms with Crippen molar-refractivity contribution < 1.29 is 19.1 Å². The second-order valence-corrected chi connectivity index (χ2v) is 9.24. The number of rotatable bonds is 6. The van der Waals surface area contributed by atoms with E-state index in [4.69, 9.17) is 9.47 Å². The van der Waals surface area contributed by atoms with E-state index in [0.717, 1.165) is 21.3 Å². The van der Waals surface area contributed by atoms with Crippen molar-refractivity contribution in [1.29, 1.82) is 0 Å². The van der Waals surface area contributed by atoms with Crippen molar-refractivity contribution >= 4 is 56.5 Å². The molecule has 0 aliphatic carbocycles. The highest BCUT2D eigenvalue weighted by Gasteiger charge is 2.30. The maximum atomic E-state index is 12.8. The van der Waals surface area contributed by atoms with Crippen LogP contribution in [0.15, 0.2) is 87.2 Å². The minimum atomic E-state index is -0.437. The van der Waals surface area contributed by atoms with Crippen LogP contribution in [0.5, 0.6) is 5.75 Å². The lowest BCUT2D eigenvalue weighted by atomic mass is 10.2. The van der Waals surface area contributed by atoms with Crippen LogP contribution in [0.2, 0.25) is 0 Å². The highest BCUT2D eigenvalue weighted by atomic mass is 79.9. The lowest BCUT2D eigenvalue weighted by Crippen LogP contribution is -2.23. The van der Waals surface area contributed by atoms with E-state index in [2.05, 4.69) is 20.9 Å². The standard InChI is InChI=1S/C26H21BrN2O4S/c1-29-24(30)23(34-26(29)28-20-10-6-9-19(15-20)25(31)32-2)14-18-11-12-22(21(27)13-18)33-16-17-7-4-3-5-8-17/h3-15H,16H2,1-2H3. The first kappa shape index (κ1) is 23.8. The fraction of sp³-hybridized carbons (Fsp3) is 0.115. The minimum absolute atomic E-state index is 0.145. The lowest BCUT2D eigenvalue weighted by Gasteiger charge is -2.09. The van der Waals surface area contributed by atoms with Crippen LogP contribution in [0.4, 0.5) is 5.69 Å². The van der Waals surface area contributed by atoms with Gasteiger partial charge in [0.1, 0.15) is 12.4 Å². The molecule has 0 spiro atoms. The average Bonchev–Trinajstić information content (AvgIpc) is 3.11. The summed E-state index contributed by atoms with van der Waals surface area (Å²) in [4.78, 5) is 31.2. The largest absolute Gasteiger partial charge is 0.488 e. The van der Waals surface area contributed by atoms with Crippen LogP contribution >= 0.6 is 27.7 Å². The van der Waals surface area contributed by atoms with Crippen LogP contribution in [-0.4, -0.2) is 36.1 Å². The molecule has 172 valence electrons. The molecular weight excluding hydrogens is 516 g/mol. The van der Waals surface area contributed by atoms with Crippen molar-refractivity contribution in [2.45, 2.75) is 6.61 Å². The van der Waals surface area contributed by atoms with E-state index in [0.29, 0.717) is 27.9 Å². The summed E-state index contributed by atoms with van der Waals surface area (Å²) < 4.78 is 11.5. The van der Waals surface area contributed by atoms with Crippen molar-refractivity contribution in [3.8, 4) is 5.75 Å². The number of carbonyl (C=O) groups is 2. The fourth-order valence-corrected chi connectivity index (χ4v) is 4.69. The first-order chi connectivity index (χ1) is 16.4. The van der Waals surface area contributed by atoms with E-state index < -0.39 is 5.97 Å². The molecule has 1 aliphatic rings. The van der Waals surface area contributed by atoms with Crippen molar-refractivity contribution in [2.24, 2.45) is 4.99 Å². The van der Waals surface area contributed by atoms with Crippen molar-refractivity contribution in [1.82, 2.24) is 4.90 Å². The molecule has 1 saturated heterocycles. The number of benzene rings is 3. The normalized spacial score (nSPS) is 15.7. The Balaban J connectivity index is 1.50. The first-order valence-electron chi connectivity index (χ1n) is 10.4. The number of halogens is 1. The molecular formula is C26H21BrN2O4S. The summed E-state index contributed by atoms with van der Waals surface area (Å²) in [6, 6.07) is 22.4. The summed E-state index contributed by atoms with van der Waals surface area (Å²) in [6.07, 6.45) is 1.82. The van der Waals surface area contributed by atoms with Crippen LogP contribution in [0.3, 0.4) is 0 Å². The number of aliphatic imine (C=N–C) groups is 1. The summed E-state index contributed by atoms with van der Waals surface area (Å²) in [7, 11) is 3.01. The van der Waals surface area contributed by atoms with E-state index in [-0.39, 0.29) is 5.91 Å². The predicted octanol–water partition coefficient (Wildman–Crippen LogP) is 6.05. The highest BCUT2D eigenvalue weighted by Crippen LogP contribution is 2.35. The summed E-state index contributed by atoms with van der Waals surface area (Å²) in [5, 5.41) is 0.528. The van der Waals surface area contributed by atoms with Crippen molar-refractivity contribution in [3.05, 3.63) is 98.9 Å². The molecule has 0 N–H and O–H groups in total. The zero-order chi connectivity index (χ0) is 24.1. The Morgan fingerprint density at radius 1 is 1.09 bits per heavy atom. The number of nitrogens with zero attached hydrogens (tertiary/aromatic N) is 2. The molecule has 0 unspecified atom stereocenters. The predicted molar refractivity (Wildman–Crippen MR) is 138 cm³/mol. The zero-order valence-electron chi connectivity index (χ0n) is 18.5. The summed E-state index contributed by atoms with van der Waals surface area (Å²) in [5.74, 6) is 0.141. The average molecular weight is 537 g/mol. The maximum absolute atomic E-state index is 12.8. The molecule has 1 amide bonds. The smallest absolute Gasteiger partial charge is 0.337 e. The molecule has 0 aromatic heterocycles. The first-order valence-corrected chi connectivity index (χ1v) is 12.0. The Hall–Kier alpha value is -3.36. The molecule has 3 aromatic rings. The number of methoxy groups -OCH3 is 1. The monoisotopic (exact) mass is 536 g/mol. The van der Waals surface area contributed by atoms with Crippen molar-refractivity contribution in [2.75, 3.05) is 14.2 Å². The Bertz CT molecular complexity index is 1290. The minimum Gasteiger partial charge on any atom is -0.488 e. The molecule has 0 radical (unpaired) electrons. The number of hydrogen-bond acceptors (Lipinski definition) is 6. The maximum Gasteiger partial charge on any atom is 0.337 e. The van der Waals surface area contributed by atoms with Gasteiger partial charge in [0.25, 0.3) is 5.91 Å². The number of ether oxygens (including phenoxy) is 2. The van der Waals surface area contributed by atoms with Gasteiger partial charge in [-0.05, 0) is 75.2 Å². The molecule has 1 fully saturated rings. The molecule has 3 aromatic carbocycles. The van der Waals surface area contributed by atoms with Gasteiger partial charge < -0.3 is 9.47 Å². The molecule has 1 heterocycles. The van der Waals surface area contributed by atoms with E-state index in [1.807, 2.05) is 54.6 Å². The van der Waals surface area contributed by atoms with E-state index in [1.165, 1.54) is 23.8 Å². The van der Waals surface area contributed by atoms with Gasteiger partial charge in [-0.1, -0.05) is 42.5 Å². The number of hydrogen-bond donors (Lipinski definition) is 0. The number of thioether (sulfide) groups is 1. The third-order valence-electron chi connectivity index (χ3n) is 4.99. The number of amides is 1. The van der Waals surface area contributed by atoms with Crippen LogP contribution in [0.25, 0.3) is 6.08 Å². The van der Waals surface area contributed by atoms with Gasteiger partial charge in [-0.2, -0.15) is 0 Å². The van der Waals surface area contributed by atoms with Gasteiger partial charge in [-0.15, -0.1) is 0 Å². The number of amidine groups is 1. The van der Waals surface area contributed by atoms with Crippen LogP contribution < -0.4 is 4.74 Å². The molecule has 6 nitrogen and oxygen atoms in total. The van der Waals surface area contributed by atoms with Crippen LogP contribution in [-0.2, 0) is 16.1 Å². The SMILES string of the molecule is COC(=O)c1cccc(N=C2SC(=Cc3ccc(OCc4ccccc4)c(Br)c3)C(=O)N2C)c1. The number of carbonyl (C=O) groups excluding carboxylic acids is 2.